The number of pyridine rings is 1. The summed E-state index contributed by atoms with van der Waals surface area (Å²) >= 11 is 0. The number of benzene rings is 2. The van der Waals surface area contributed by atoms with Gasteiger partial charge >= 0.3 is 0 Å². The number of nitrogens with zero attached hydrogens (tertiary/aromatic N) is 1. The minimum absolute atomic E-state index is 0.585. The van der Waals surface area contributed by atoms with Crippen molar-refractivity contribution in [3.05, 3.63) is 64.8 Å². The first-order valence-electron chi connectivity index (χ1n) is 9.33. The summed E-state index contributed by atoms with van der Waals surface area (Å²) in [4.78, 5) is 4.72. The highest BCUT2D eigenvalue weighted by Crippen LogP contribution is 2.34. The van der Waals surface area contributed by atoms with Crippen LogP contribution in [0.1, 0.15) is 55.4 Å². The van der Waals surface area contributed by atoms with Crippen LogP contribution in [0.3, 0.4) is 0 Å². The Morgan fingerprint density at radius 1 is 0.840 bits per heavy atom. The second-order valence-corrected chi connectivity index (χ2v) is 7.94. The van der Waals surface area contributed by atoms with Gasteiger partial charge in [-0.15, -0.1) is 0 Å². The van der Waals surface area contributed by atoms with E-state index in [-0.39, 0.29) is 0 Å². The van der Waals surface area contributed by atoms with Crippen molar-refractivity contribution >= 4 is 10.8 Å². The van der Waals surface area contributed by atoms with E-state index in [9.17, 15) is 0 Å². The van der Waals surface area contributed by atoms with E-state index in [0.717, 1.165) is 5.69 Å². The molecule has 0 bridgehead atoms. The molecule has 2 aromatic carbocycles. The number of fused-ring (bicyclic) bond motifs is 1. The Balaban J connectivity index is 2.16. The standard InChI is InChI=1S/C24H29N/c1-15(2)11-18(5)21-7-8-23-22(19(21)6)9-10-25-24(23)20-13-16(3)12-17(4)14-20/h7-10,12-15,18H,11H2,1-6H3. The highest BCUT2D eigenvalue weighted by molar-refractivity contribution is 5.97. The van der Waals surface area contributed by atoms with Crippen molar-refractivity contribution in [2.45, 2.75) is 53.9 Å². The van der Waals surface area contributed by atoms with E-state index in [1.165, 1.54) is 45.0 Å². The third kappa shape index (κ3) is 3.61. The lowest BCUT2D eigenvalue weighted by atomic mass is 9.86. The largest absolute Gasteiger partial charge is 0.256 e. The van der Waals surface area contributed by atoms with Gasteiger partial charge in [-0.2, -0.15) is 0 Å². The van der Waals surface area contributed by atoms with Crippen molar-refractivity contribution in [3.8, 4) is 11.3 Å². The van der Waals surface area contributed by atoms with E-state index in [4.69, 9.17) is 4.98 Å². The Morgan fingerprint density at radius 3 is 2.16 bits per heavy atom. The molecule has 1 unspecified atom stereocenters. The van der Waals surface area contributed by atoms with Gasteiger partial charge in [0, 0.05) is 17.1 Å². The monoisotopic (exact) mass is 331 g/mol. The van der Waals surface area contributed by atoms with E-state index in [2.05, 4.69) is 77.9 Å². The molecule has 0 N–H and O–H groups in total. The molecule has 0 saturated heterocycles. The first-order valence-corrected chi connectivity index (χ1v) is 9.33. The molecule has 1 nitrogen and oxygen atoms in total. The predicted molar refractivity (Wildman–Crippen MR) is 109 cm³/mol. The third-order valence-corrected chi connectivity index (χ3v) is 5.11. The van der Waals surface area contributed by atoms with Gasteiger partial charge in [0.1, 0.15) is 0 Å². The summed E-state index contributed by atoms with van der Waals surface area (Å²) in [6.45, 7) is 13.5. The smallest absolute Gasteiger partial charge is 0.0780 e. The highest BCUT2D eigenvalue weighted by atomic mass is 14.7. The molecule has 0 radical (unpaired) electrons. The van der Waals surface area contributed by atoms with Gasteiger partial charge in [-0.25, -0.2) is 0 Å². The van der Waals surface area contributed by atoms with Crippen molar-refractivity contribution in [3.63, 3.8) is 0 Å². The molecule has 0 aliphatic carbocycles. The zero-order valence-corrected chi connectivity index (χ0v) is 16.4. The fourth-order valence-electron chi connectivity index (χ4n) is 4.13. The molecule has 0 spiro atoms. The lowest BCUT2D eigenvalue weighted by Crippen LogP contribution is -2.02. The lowest BCUT2D eigenvalue weighted by molar-refractivity contribution is 0.523. The van der Waals surface area contributed by atoms with Crippen LogP contribution in [0.5, 0.6) is 0 Å². The molecule has 1 aromatic heterocycles. The number of rotatable bonds is 4. The SMILES string of the molecule is Cc1cc(C)cc(-c2nccc3c(C)c(C(C)CC(C)C)ccc23)c1. The molecule has 1 atom stereocenters. The Bertz CT molecular complexity index is 885. The van der Waals surface area contributed by atoms with Crippen LogP contribution in [0, 0.1) is 26.7 Å². The Kier molecular flexibility index (Phi) is 4.94. The molecular formula is C24H29N. The van der Waals surface area contributed by atoms with Gasteiger partial charge in [0.15, 0.2) is 0 Å². The fourth-order valence-corrected chi connectivity index (χ4v) is 4.13. The van der Waals surface area contributed by atoms with Crippen LogP contribution in [0.4, 0.5) is 0 Å². The maximum atomic E-state index is 4.72. The predicted octanol–water partition coefficient (Wildman–Crippen LogP) is 6.98. The van der Waals surface area contributed by atoms with Crippen LogP contribution in [0.2, 0.25) is 0 Å². The first-order chi connectivity index (χ1) is 11.9. The average Bonchev–Trinajstić information content (AvgIpc) is 2.53. The van der Waals surface area contributed by atoms with Crippen LogP contribution in [0.15, 0.2) is 42.6 Å². The molecular weight excluding hydrogens is 302 g/mol. The van der Waals surface area contributed by atoms with Gasteiger partial charge in [0.2, 0.25) is 0 Å². The second kappa shape index (κ2) is 7.00. The summed E-state index contributed by atoms with van der Waals surface area (Å²) in [5, 5.41) is 2.59. The van der Waals surface area contributed by atoms with E-state index < -0.39 is 0 Å². The number of aryl methyl sites for hydroxylation is 3. The Labute approximate surface area is 152 Å². The molecule has 0 fully saturated rings. The van der Waals surface area contributed by atoms with Gasteiger partial charge in [-0.1, -0.05) is 50.1 Å². The molecule has 1 heterocycles. The van der Waals surface area contributed by atoms with Gasteiger partial charge in [-0.3, -0.25) is 4.98 Å². The van der Waals surface area contributed by atoms with Crippen molar-refractivity contribution in [2.24, 2.45) is 5.92 Å². The molecule has 0 saturated carbocycles. The quantitative estimate of drug-likeness (QED) is 0.502. The van der Waals surface area contributed by atoms with Crippen LogP contribution < -0.4 is 0 Å². The highest BCUT2D eigenvalue weighted by Gasteiger charge is 2.14. The maximum absolute atomic E-state index is 4.72. The summed E-state index contributed by atoms with van der Waals surface area (Å²) in [7, 11) is 0. The summed E-state index contributed by atoms with van der Waals surface area (Å²) in [6, 6.07) is 13.4. The summed E-state index contributed by atoms with van der Waals surface area (Å²) < 4.78 is 0. The summed E-state index contributed by atoms with van der Waals surface area (Å²) in [5.74, 6) is 1.30. The third-order valence-electron chi connectivity index (χ3n) is 5.11. The van der Waals surface area contributed by atoms with Gasteiger partial charge in [-0.05, 0) is 73.7 Å². The Morgan fingerprint density at radius 2 is 1.52 bits per heavy atom. The first kappa shape index (κ1) is 17.7. The molecule has 0 amide bonds. The van der Waals surface area contributed by atoms with Crippen molar-refractivity contribution in [1.29, 1.82) is 0 Å². The van der Waals surface area contributed by atoms with Gasteiger partial charge < -0.3 is 0 Å². The minimum Gasteiger partial charge on any atom is -0.256 e. The van der Waals surface area contributed by atoms with E-state index >= 15 is 0 Å². The van der Waals surface area contributed by atoms with Crippen molar-refractivity contribution in [2.75, 3.05) is 0 Å². The number of hydrogen-bond donors (Lipinski definition) is 0. The maximum Gasteiger partial charge on any atom is 0.0780 e. The average molecular weight is 332 g/mol. The zero-order chi connectivity index (χ0) is 18.1. The molecule has 3 aromatic rings. The number of aromatic nitrogens is 1. The lowest BCUT2D eigenvalue weighted by Gasteiger charge is -2.19. The molecule has 1 heteroatoms. The zero-order valence-electron chi connectivity index (χ0n) is 16.4. The molecule has 130 valence electrons. The minimum atomic E-state index is 0.585. The van der Waals surface area contributed by atoms with Gasteiger partial charge in [0.05, 0.1) is 5.69 Å². The summed E-state index contributed by atoms with van der Waals surface area (Å²) in [6.07, 6.45) is 3.18. The topological polar surface area (TPSA) is 12.9 Å². The summed E-state index contributed by atoms with van der Waals surface area (Å²) in [5.41, 5.74) is 7.75. The van der Waals surface area contributed by atoms with Crippen LogP contribution >= 0.6 is 0 Å². The van der Waals surface area contributed by atoms with Crippen LogP contribution in [0.25, 0.3) is 22.0 Å². The van der Waals surface area contributed by atoms with Crippen LogP contribution in [-0.2, 0) is 0 Å². The molecule has 3 rings (SSSR count). The normalized spacial score (nSPS) is 12.8. The second-order valence-electron chi connectivity index (χ2n) is 7.94. The fraction of sp³-hybridized carbons (Fsp3) is 0.375. The van der Waals surface area contributed by atoms with E-state index in [1.807, 2.05) is 6.20 Å². The molecule has 25 heavy (non-hydrogen) atoms. The van der Waals surface area contributed by atoms with Gasteiger partial charge in [0.25, 0.3) is 0 Å². The van der Waals surface area contributed by atoms with Crippen molar-refractivity contribution < 1.29 is 0 Å². The molecule has 0 aliphatic rings. The van der Waals surface area contributed by atoms with Crippen LogP contribution in [-0.4, -0.2) is 4.98 Å². The number of hydrogen-bond acceptors (Lipinski definition) is 1. The van der Waals surface area contributed by atoms with E-state index in [0.29, 0.717) is 11.8 Å². The van der Waals surface area contributed by atoms with E-state index in [1.54, 1.807) is 0 Å². The van der Waals surface area contributed by atoms with Crippen molar-refractivity contribution in [1.82, 2.24) is 4.98 Å². The Hall–Kier alpha value is -2.15. The molecule has 0 aliphatic heterocycles.